The van der Waals surface area contributed by atoms with Crippen LogP contribution in [0.2, 0.25) is 0 Å². The first-order valence-electron chi connectivity index (χ1n) is 4.80. The molecule has 0 N–H and O–H groups in total. The molecule has 0 atom stereocenters. The molecule has 1 saturated heterocycles. The van der Waals surface area contributed by atoms with Crippen molar-refractivity contribution in [2.24, 2.45) is 0 Å². The number of carbonyl (C=O) groups excluding carboxylic acids is 2. The van der Waals surface area contributed by atoms with E-state index >= 15 is 0 Å². The Kier molecular flexibility index (Phi) is 5.04. The van der Waals surface area contributed by atoms with Gasteiger partial charge < -0.3 is 9.64 Å². The molecule has 0 saturated carbocycles. The van der Waals surface area contributed by atoms with Crippen molar-refractivity contribution in [1.29, 1.82) is 0 Å². The summed E-state index contributed by atoms with van der Waals surface area (Å²) in [5.74, 6) is -0.122. The molecule has 0 spiro atoms. The summed E-state index contributed by atoms with van der Waals surface area (Å²) in [6.07, 6.45) is 0. The van der Waals surface area contributed by atoms with E-state index in [1.807, 2.05) is 4.90 Å². The summed E-state index contributed by atoms with van der Waals surface area (Å²) < 4.78 is 4.58. The van der Waals surface area contributed by atoms with Crippen LogP contribution in [0.15, 0.2) is 0 Å². The zero-order valence-corrected chi connectivity index (χ0v) is 10.3. The molecule has 0 unspecified atom stereocenters. The van der Waals surface area contributed by atoms with Crippen LogP contribution in [0.4, 0.5) is 0 Å². The van der Waals surface area contributed by atoms with Gasteiger partial charge in [-0.2, -0.15) is 0 Å². The van der Waals surface area contributed by atoms with E-state index in [2.05, 4.69) is 20.7 Å². The minimum atomic E-state index is -0.227. The number of alkyl halides is 1. The minimum absolute atomic E-state index is 0.104. The molecule has 6 heteroatoms. The highest BCUT2D eigenvalue weighted by atomic mass is 79.9. The van der Waals surface area contributed by atoms with Gasteiger partial charge in [-0.15, -0.1) is 0 Å². The molecule has 1 amide bonds. The standard InChI is InChI=1S/C9H15BrN2O3/c1-15-9(14)7-11-2-4-12(5-3-11)8(13)6-10/h2-7H2,1H3. The van der Waals surface area contributed by atoms with Crippen LogP contribution >= 0.6 is 15.9 Å². The summed E-state index contributed by atoms with van der Waals surface area (Å²) in [5, 5.41) is 0.365. The van der Waals surface area contributed by atoms with Crippen molar-refractivity contribution in [3.05, 3.63) is 0 Å². The van der Waals surface area contributed by atoms with E-state index in [1.165, 1.54) is 7.11 Å². The minimum Gasteiger partial charge on any atom is -0.468 e. The maximum Gasteiger partial charge on any atom is 0.319 e. The van der Waals surface area contributed by atoms with Crippen LogP contribution in [0.5, 0.6) is 0 Å². The number of methoxy groups -OCH3 is 1. The van der Waals surface area contributed by atoms with Gasteiger partial charge in [-0.25, -0.2) is 0 Å². The number of piperazine rings is 1. The van der Waals surface area contributed by atoms with Crippen LogP contribution in [0, 0.1) is 0 Å². The summed E-state index contributed by atoms with van der Waals surface area (Å²) in [6.45, 7) is 3.14. The highest BCUT2D eigenvalue weighted by Crippen LogP contribution is 2.03. The number of nitrogens with zero attached hydrogens (tertiary/aromatic N) is 2. The van der Waals surface area contributed by atoms with E-state index in [0.717, 1.165) is 13.1 Å². The van der Waals surface area contributed by atoms with Gasteiger partial charge in [0.25, 0.3) is 0 Å². The van der Waals surface area contributed by atoms with Crippen molar-refractivity contribution in [3.8, 4) is 0 Å². The van der Waals surface area contributed by atoms with Gasteiger partial charge in [0.15, 0.2) is 0 Å². The summed E-state index contributed by atoms with van der Waals surface area (Å²) in [5.41, 5.74) is 0. The Bertz CT molecular complexity index is 240. The second-order valence-corrected chi connectivity index (χ2v) is 3.93. The number of halogens is 1. The van der Waals surface area contributed by atoms with Crippen molar-refractivity contribution < 1.29 is 14.3 Å². The van der Waals surface area contributed by atoms with Gasteiger partial charge in [0, 0.05) is 26.2 Å². The van der Waals surface area contributed by atoms with E-state index in [-0.39, 0.29) is 11.9 Å². The lowest BCUT2D eigenvalue weighted by Crippen LogP contribution is -2.50. The number of hydrogen-bond acceptors (Lipinski definition) is 4. The first kappa shape index (κ1) is 12.4. The molecule has 1 aliphatic heterocycles. The molecule has 1 fully saturated rings. The number of esters is 1. The van der Waals surface area contributed by atoms with Crippen LogP contribution < -0.4 is 0 Å². The fourth-order valence-corrected chi connectivity index (χ4v) is 1.84. The van der Waals surface area contributed by atoms with E-state index in [9.17, 15) is 9.59 Å². The predicted octanol–water partition coefficient (Wildman–Crippen LogP) is -0.302. The quantitative estimate of drug-likeness (QED) is 0.525. The Morgan fingerprint density at radius 1 is 1.27 bits per heavy atom. The Labute approximate surface area is 97.5 Å². The molecular formula is C9H15BrN2O3. The summed E-state index contributed by atoms with van der Waals surface area (Å²) in [4.78, 5) is 26.1. The molecular weight excluding hydrogens is 264 g/mol. The fraction of sp³-hybridized carbons (Fsp3) is 0.778. The molecule has 0 aromatic heterocycles. The second-order valence-electron chi connectivity index (χ2n) is 3.37. The first-order valence-corrected chi connectivity index (χ1v) is 5.92. The molecule has 0 aliphatic carbocycles. The molecule has 5 nitrogen and oxygen atoms in total. The van der Waals surface area contributed by atoms with Crippen LogP contribution in [-0.2, 0) is 14.3 Å². The van der Waals surface area contributed by atoms with Crippen LogP contribution in [-0.4, -0.2) is 66.8 Å². The van der Waals surface area contributed by atoms with E-state index in [0.29, 0.717) is 25.0 Å². The lowest BCUT2D eigenvalue weighted by atomic mass is 10.3. The zero-order chi connectivity index (χ0) is 11.3. The maximum absolute atomic E-state index is 11.3. The lowest BCUT2D eigenvalue weighted by molar-refractivity contribution is -0.142. The first-order chi connectivity index (χ1) is 7.17. The topological polar surface area (TPSA) is 49.9 Å². The third-order valence-corrected chi connectivity index (χ3v) is 2.90. The van der Waals surface area contributed by atoms with Crippen LogP contribution in [0.1, 0.15) is 0 Å². The van der Waals surface area contributed by atoms with Crippen molar-refractivity contribution in [2.45, 2.75) is 0 Å². The fourth-order valence-electron chi connectivity index (χ4n) is 1.49. The number of amides is 1. The molecule has 0 bridgehead atoms. The summed E-state index contributed by atoms with van der Waals surface area (Å²) in [6, 6.07) is 0. The third kappa shape index (κ3) is 3.79. The number of rotatable bonds is 3. The molecule has 1 aliphatic rings. The van der Waals surface area contributed by atoms with E-state index < -0.39 is 0 Å². The zero-order valence-electron chi connectivity index (χ0n) is 8.74. The number of ether oxygens (including phenoxy) is 1. The second kappa shape index (κ2) is 6.07. The van der Waals surface area contributed by atoms with Gasteiger partial charge in [0.2, 0.25) is 5.91 Å². The smallest absolute Gasteiger partial charge is 0.319 e. The van der Waals surface area contributed by atoms with Gasteiger partial charge in [-0.3, -0.25) is 14.5 Å². The van der Waals surface area contributed by atoms with Gasteiger partial charge >= 0.3 is 5.97 Å². The van der Waals surface area contributed by atoms with Crippen molar-refractivity contribution in [2.75, 3.05) is 45.2 Å². The van der Waals surface area contributed by atoms with Crippen LogP contribution in [0.25, 0.3) is 0 Å². The maximum atomic E-state index is 11.3. The van der Waals surface area contributed by atoms with E-state index in [4.69, 9.17) is 0 Å². The monoisotopic (exact) mass is 278 g/mol. The summed E-state index contributed by atoms with van der Waals surface area (Å²) in [7, 11) is 1.38. The molecule has 86 valence electrons. The molecule has 15 heavy (non-hydrogen) atoms. The van der Waals surface area contributed by atoms with Crippen molar-refractivity contribution >= 4 is 27.8 Å². The largest absolute Gasteiger partial charge is 0.468 e. The van der Waals surface area contributed by atoms with Gasteiger partial charge in [-0.05, 0) is 0 Å². The van der Waals surface area contributed by atoms with Gasteiger partial charge in [-0.1, -0.05) is 15.9 Å². The Hall–Kier alpha value is -0.620. The molecule has 0 aromatic rings. The average Bonchev–Trinajstić information content (AvgIpc) is 2.29. The Morgan fingerprint density at radius 3 is 2.33 bits per heavy atom. The normalized spacial score (nSPS) is 17.6. The predicted molar refractivity (Wildman–Crippen MR) is 58.8 cm³/mol. The molecule has 0 radical (unpaired) electrons. The third-order valence-electron chi connectivity index (χ3n) is 2.42. The van der Waals surface area contributed by atoms with E-state index in [1.54, 1.807) is 4.90 Å². The Morgan fingerprint density at radius 2 is 1.87 bits per heavy atom. The number of carbonyl (C=O) groups is 2. The van der Waals surface area contributed by atoms with Crippen molar-refractivity contribution in [3.63, 3.8) is 0 Å². The SMILES string of the molecule is COC(=O)CN1CCN(C(=O)CBr)CC1. The Balaban J connectivity index is 2.29. The van der Waals surface area contributed by atoms with Crippen molar-refractivity contribution in [1.82, 2.24) is 9.80 Å². The molecule has 1 rings (SSSR count). The number of hydrogen-bond donors (Lipinski definition) is 0. The average molecular weight is 279 g/mol. The summed E-state index contributed by atoms with van der Waals surface area (Å²) >= 11 is 3.14. The van der Waals surface area contributed by atoms with Gasteiger partial charge in [0.1, 0.15) is 0 Å². The van der Waals surface area contributed by atoms with Crippen LogP contribution in [0.3, 0.4) is 0 Å². The highest BCUT2D eigenvalue weighted by molar-refractivity contribution is 9.09. The molecule has 1 heterocycles. The highest BCUT2D eigenvalue weighted by Gasteiger charge is 2.21. The lowest BCUT2D eigenvalue weighted by Gasteiger charge is -2.33. The molecule has 0 aromatic carbocycles. The van der Waals surface area contributed by atoms with Gasteiger partial charge in [0.05, 0.1) is 19.0 Å².